The van der Waals surface area contributed by atoms with Gasteiger partial charge in [0.1, 0.15) is 5.75 Å². The van der Waals surface area contributed by atoms with E-state index in [2.05, 4.69) is 20.9 Å². The zero-order chi connectivity index (χ0) is 14.8. The van der Waals surface area contributed by atoms with Crippen molar-refractivity contribution in [1.29, 1.82) is 0 Å². The summed E-state index contributed by atoms with van der Waals surface area (Å²) < 4.78 is 44.9. The van der Waals surface area contributed by atoms with Crippen molar-refractivity contribution in [3.63, 3.8) is 0 Å². The van der Waals surface area contributed by atoms with E-state index < -0.39 is 11.7 Å². The molecule has 0 aliphatic heterocycles. The van der Waals surface area contributed by atoms with Gasteiger partial charge in [0.15, 0.2) is 0 Å². The molecule has 0 unspecified atom stereocenters. The fraction of sp³-hybridized carbons (Fsp3) is 0.154. The molecule has 0 fully saturated rings. The van der Waals surface area contributed by atoms with Gasteiger partial charge in [0.2, 0.25) is 5.88 Å². The molecule has 2 N–H and O–H groups in total. The van der Waals surface area contributed by atoms with Gasteiger partial charge in [-0.05, 0) is 39.7 Å². The second kappa shape index (κ2) is 5.80. The topological polar surface area (TPSA) is 48.1 Å². The number of pyridine rings is 1. The van der Waals surface area contributed by atoms with Gasteiger partial charge in [0.05, 0.1) is 5.56 Å². The first kappa shape index (κ1) is 14.8. The molecule has 0 saturated carbocycles. The van der Waals surface area contributed by atoms with Gasteiger partial charge in [-0.2, -0.15) is 13.2 Å². The number of hydrogen-bond acceptors (Lipinski definition) is 3. The first-order chi connectivity index (χ1) is 9.40. The van der Waals surface area contributed by atoms with Crippen molar-refractivity contribution in [3.05, 3.63) is 52.1 Å². The van der Waals surface area contributed by atoms with Gasteiger partial charge in [0.25, 0.3) is 0 Å². The van der Waals surface area contributed by atoms with Gasteiger partial charge >= 0.3 is 6.18 Å². The Kier molecular flexibility index (Phi) is 4.29. The third kappa shape index (κ3) is 3.49. The highest BCUT2D eigenvalue weighted by atomic mass is 79.9. The summed E-state index contributed by atoms with van der Waals surface area (Å²) in [6.07, 6.45) is -3.08. The van der Waals surface area contributed by atoms with E-state index in [1.807, 2.05) is 0 Å². The maximum Gasteiger partial charge on any atom is 0.419 e. The van der Waals surface area contributed by atoms with Crippen LogP contribution in [0.4, 0.5) is 13.2 Å². The van der Waals surface area contributed by atoms with Crippen LogP contribution in [-0.4, -0.2) is 4.98 Å². The zero-order valence-electron chi connectivity index (χ0n) is 10.1. The summed E-state index contributed by atoms with van der Waals surface area (Å²) in [6, 6.07) is 6.82. The molecule has 3 nitrogen and oxygen atoms in total. The summed E-state index contributed by atoms with van der Waals surface area (Å²) in [5, 5.41) is 0. The van der Waals surface area contributed by atoms with Crippen LogP contribution in [0.3, 0.4) is 0 Å². The van der Waals surface area contributed by atoms with E-state index in [0.717, 1.165) is 6.07 Å². The number of rotatable bonds is 3. The van der Waals surface area contributed by atoms with Crippen LogP contribution >= 0.6 is 15.9 Å². The summed E-state index contributed by atoms with van der Waals surface area (Å²) in [6.45, 7) is 0.0277. The Hall–Kier alpha value is -1.60. The van der Waals surface area contributed by atoms with Gasteiger partial charge in [0, 0.05) is 23.3 Å². The third-order valence-electron chi connectivity index (χ3n) is 2.50. The van der Waals surface area contributed by atoms with Gasteiger partial charge in [-0.1, -0.05) is 6.07 Å². The van der Waals surface area contributed by atoms with E-state index >= 15 is 0 Å². The SMILES string of the molecule is NCc1ccc(Oc2ccc(Br)cn2)c(C(F)(F)F)c1. The molecule has 106 valence electrons. The van der Waals surface area contributed by atoms with Gasteiger partial charge < -0.3 is 10.5 Å². The molecule has 0 saturated heterocycles. The first-order valence-electron chi connectivity index (χ1n) is 5.60. The fourth-order valence-corrected chi connectivity index (χ4v) is 1.78. The van der Waals surface area contributed by atoms with Crippen LogP contribution in [0, 0.1) is 0 Å². The number of benzene rings is 1. The van der Waals surface area contributed by atoms with Gasteiger partial charge in [-0.15, -0.1) is 0 Å². The van der Waals surface area contributed by atoms with E-state index in [-0.39, 0.29) is 18.2 Å². The van der Waals surface area contributed by atoms with E-state index in [4.69, 9.17) is 10.5 Å². The molecule has 0 atom stereocenters. The summed E-state index contributed by atoms with van der Waals surface area (Å²) >= 11 is 3.18. The molecule has 20 heavy (non-hydrogen) atoms. The smallest absolute Gasteiger partial charge is 0.419 e. The molecule has 0 spiro atoms. The van der Waals surface area contributed by atoms with Crippen molar-refractivity contribution in [2.75, 3.05) is 0 Å². The van der Waals surface area contributed by atoms with E-state index in [1.165, 1.54) is 24.4 Å². The maximum atomic E-state index is 13.0. The highest BCUT2D eigenvalue weighted by Gasteiger charge is 2.34. The van der Waals surface area contributed by atoms with Crippen molar-refractivity contribution in [1.82, 2.24) is 4.98 Å². The van der Waals surface area contributed by atoms with Crippen LogP contribution in [0.2, 0.25) is 0 Å². The molecule has 0 radical (unpaired) electrons. The molecule has 1 aromatic carbocycles. The minimum Gasteiger partial charge on any atom is -0.438 e. The molecule has 0 aliphatic carbocycles. The summed E-state index contributed by atoms with van der Waals surface area (Å²) in [7, 11) is 0. The number of halogens is 4. The standard InChI is InChI=1S/C13H10BrF3N2O/c14-9-2-4-12(19-7-9)20-11-3-1-8(6-18)5-10(11)13(15,16)17/h1-5,7H,6,18H2. The summed E-state index contributed by atoms with van der Waals surface area (Å²) in [5.74, 6) is -0.219. The molecule has 2 rings (SSSR count). The van der Waals surface area contributed by atoms with Crippen molar-refractivity contribution in [2.45, 2.75) is 12.7 Å². The Bertz CT molecular complexity index is 600. The average molecular weight is 347 g/mol. The first-order valence-corrected chi connectivity index (χ1v) is 6.39. The van der Waals surface area contributed by atoms with Gasteiger partial charge in [-0.25, -0.2) is 4.98 Å². The van der Waals surface area contributed by atoms with E-state index in [9.17, 15) is 13.2 Å². The summed E-state index contributed by atoms with van der Waals surface area (Å²) in [5.41, 5.74) is 4.87. The van der Waals surface area contributed by atoms with Crippen LogP contribution in [-0.2, 0) is 12.7 Å². The zero-order valence-corrected chi connectivity index (χ0v) is 11.7. The molecular weight excluding hydrogens is 337 g/mol. The van der Waals surface area contributed by atoms with Crippen molar-refractivity contribution in [3.8, 4) is 11.6 Å². The number of ether oxygens (including phenoxy) is 1. The molecule has 0 aliphatic rings. The Labute approximate surface area is 121 Å². The highest BCUT2D eigenvalue weighted by Crippen LogP contribution is 2.38. The second-order valence-corrected chi connectivity index (χ2v) is 4.86. The number of nitrogens with zero attached hydrogens (tertiary/aromatic N) is 1. The molecule has 7 heteroatoms. The number of nitrogens with two attached hydrogens (primary N) is 1. The maximum absolute atomic E-state index is 13.0. The monoisotopic (exact) mass is 346 g/mol. The Balaban J connectivity index is 2.38. The lowest BCUT2D eigenvalue weighted by atomic mass is 10.1. The predicted octanol–water partition coefficient (Wildman–Crippen LogP) is 4.11. The lowest BCUT2D eigenvalue weighted by molar-refractivity contribution is -0.138. The summed E-state index contributed by atoms with van der Waals surface area (Å²) in [4.78, 5) is 3.88. The quantitative estimate of drug-likeness (QED) is 0.909. The van der Waals surface area contributed by atoms with Crippen LogP contribution in [0.25, 0.3) is 0 Å². The van der Waals surface area contributed by atoms with Crippen LogP contribution in [0.15, 0.2) is 41.0 Å². The average Bonchev–Trinajstić information content (AvgIpc) is 2.40. The van der Waals surface area contributed by atoms with Crippen molar-refractivity contribution >= 4 is 15.9 Å². The van der Waals surface area contributed by atoms with Crippen molar-refractivity contribution in [2.24, 2.45) is 5.73 Å². The molecule has 0 amide bonds. The van der Waals surface area contributed by atoms with Crippen LogP contribution in [0.1, 0.15) is 11.1 Å². The lowest BCUT2D eigenvalue weighted by Gasteiger charge is -2.14. The van der Waals surface area contributed by atoms with Crippen LogP contribution in [0.5, 0.6) is 11.6 Å². The number of hydrogen-bond donors (Lipinski definition) is 1. The molecule has 1 aromatic heterocycles. The molecule has 0 bridgehead atoms. The molecule has 2 aromatic rings. The van der Waals surface area contributed by atoms with E-state index in [1.54, 1.807) is 6.07 Å². The minimum absolute atomic E-state index is 0.0277. The minimum atomic E-state index is -4.52. The number of alkyl halides is 3. The second-order valence-electron chi connectivity index (χ2n) is 3.95. The highest BCUT2D eigenvalue weighted by molar-refractivity contribution is 9.10. The Morgan fingerprint density at radius 3 is 2.50 bits per heavy atom. The Morgan fingerprint density at radius 2 is 1.95 bits per heavy atom. The number of aromatic nitrogens is 1. The predicted molar refractivity (Wildman–Crippen MR) is 71.3 cm³/mol. The normalized spacial score (nSPS) is 11.4. The largest absolute Gasteiger partial charge is 0.438 e. The molecule has 1 heterocycles. The van der Waals surface area contributed by atoms with E-state index in [0.29, 0.717) is 10.0 Å². The molecular formula is C13H10BrF3N2O. The van der Waals surface area contributed by atoms with Gasteiger partial charge in [-0.3, -0.25) is 0 Å². The third-order valence-corrected chi connectivity index (χ3v) is 2.97. The lowest BCUT2D eigenvalue weighted by Crippen LogP contribution is -2.09. The van der Waals surface area contributed by atoms with Crippen LogP contribution < -0.4 is 10.5 Å². The Morgan fingerprint density at radius 1 is 1.20 bits per heavy atom. The van der Waals surface area contributed by atoms with Crippen molar-refractivity contribution < 1.29 is 17.9 Å². The fourth-order valence-electron chi connectivity index (χ4n) is 1.55.